The highest BCUT2D eigenvalue weighted by Crippen LogP contribution is 2.19. The molecule has 5 nitrogen and oxygen atoms in total. The summed E-state index contributed by atoms with van der Waals surface area (Å²) < 4.78 is 5.54. The van der Waals surface area contributed by atoms with E-state index in [1.165, 1.54) is 5.56 Å². The second kappa shape index (κ2) is 8.13. The van der Waals surface area contributed by atoms with E-state index >= 15 is 0 Å². The number of nitrogens with one attached hydrogen (secondary N) is 2. The molecule has 2 N–H and O–H groups in total. The molecule has 1 saturated carbocycles. The summed E-state index contributed by atoms with van der Waals surface area (Å²) in [6.45, 7) is 6.40. The Morgan fingerprint density at radius 1 is 1.27 bits per heavy atom. The number of aromatic nitrogens is 1. The first-order chi connectivity index (χ1) is 10.5. The van der Waals surface area contributed by atoms with Crippen LogP contribution in [0.4, 0.5) is 0 Å². The average molecular weight is 305 g/mol. The topological polar surface area (TPSA) is 63.2 Å². The van der Waals surface area contributed by atoms with Gasteiger partial charge >= 0.3 is 0 Å². The van der Waals surface area contributed by atoms with Crippen molar-refractivity contribution in [2.75, 3.05) is 0 Å². The van der Waals surface area contributed by atoms with Crippen LogP contribution in [-0.2, 0) is 11.3 Å². The Bertz CT molecular complexity index is 465. The minimum absolute atomic E-state index is 0.0752. The number of carbonyl (C=O) groups is 1. The summed E-state index contributed by atoms with van der Waals surface area (Å²) in [5, 5.41) is 6.59. The fourth-order valence-electron chi connectivity index (χ4n) is 2.82. The highest BCUT2D eigenvalue weighted by Gasteiger charge is 2.21. The summed E-state index contributed by atoms with van der Waals surface area (Å²) in [4.78, 5) is 15.4. The van der Waals surface area contributed by atoms with Crippen molar-refractivity contribution in [2.45, 2.75) is 71.2 Å². The molecule has 122 valence electrons. The molecular weight excluding hydrogens is 278 g/mol. The van der Waals surface area contributed by atoms with Crippen molar-refractivity contribution in [3.8, 4) is 5.88 Å². The van der Waals surface area contributed by atoms with Crippen LogP contribution >= 0.6 is 0 Å². The van der Waals surface area contributed by atoms with Gasteiger partial charge < -0.3 is 15.4 Å². The molecule has 1 aliphatic carbocycles. The van der Waals surface area contributed by atoms with E-state index in [1.807, 2.05) is 26.1 Å². The summed E-state index contributed by atoms with van der Waals surface area (Å²) >= 11 is 0. The summed E-state index contributed by atoms with van der Waals surface area (Å²) in [6, 6.07) is 4.85. The standard InChI is InChI=1S/C17H27N3O2/c1-12(2)22-17-9-4-14(11-19-17)10-18-15-5-7-16(8-6-15)20-13(3)21/h4,9,11-12,15-16,18H,5-8,10H2,1-3H3,(H,20,21). The molecule has 22 heavy (non-hydrogen) atoms. The third-order valence-electron chi connectivity index (χ3n) is 3.88. The van der Waals surface area contributed by atoms with Gasteiger partial charge in [-0.2, -0.15) is 0 Å². The lowest BCUT2D eigenvalue weighted by atomic mass is 9.91. The third kappa shape index (κ3) is 5.64. The Balaban J connectivity index is 1.71. The number of pyridine rings is 1. The number of rotatable bonds is 6. The Morgan fingerprint density at radius 2 is 1.95 bits per heavy atom. The van der Waals surface area contributed by atoms with Gasteiger partial charge in [-0.05, 0) is 45.1 Å². The van der Waals surface area contributed by atoms with Crippen LogP contribution in [0.5, 0.6) is 5.88 Å². The zero-order valence-electron chi connectivity index (χ0n) is 13.8. The van der Waals surface area contributed by atoms with E-state index in [9.17, 15) is 4.79 Å². The highest BCUT2D eigenvalue weighted by atomic mass is 16.5. The summed E-state index contributed by atoms with van der Waals surface area (Å²) in [7, 11) is 0. The molecule has 1 fully saturated rings. The van der Waals surface area contributed by atoms with E-state index < -0.39 is 0 Å². The fourth-order valence-corrected chi connectivity index (χ4v) is 2.82. The Labute approximate surface area is 132 Å². The van der Waals surface area contributed by atoms with Gasteiger partial charge in [0.15, 0.2) is 0 Å². The lowest BCUT2D eigenvalue weighted by molar-refractivity contribution is -0.119. The van der Waals surface area contributed by atoms with Crippen molar-refractivity contribution >= 4 is 5.91 Å². The summed E-state index contributed by atoms with van der Waals surface area (Å²) in [5.41, 5.74) is 1.17. The molecule has 0 saturated heterocycles. The van der Waals surface area contributed by atoms with Gasteiger partial charge in [-0.3, -0.25) is 4.79 Å². The van der Waals surface area contributed by atoms with E-state index in [0.29, 0.717) is 18.0 Å². The maximum Gasteiger partial charge on any atom is 0.217 e. The van der Waals surface area contributed by atoms with Crippen molar-refractivity contribution in [2.24, 2.45) is 0 Å². The van der Waals surface area contributed by atoms with Gasteiger partial charge in [-0.25, -0.2) is 4.98 Å². The van der Waals surface area contributed by atoms with Crippen LogP contribution in [0.25, 0.3) is 0 Å². The molecule has 1 heterocycles. The van der Waals surface area contributed by atoms with E-state index in [2.05, 4.69) is 21.7 Å². The van der Waals surface area contributed by atoms with E-state index in [0.717, 1.165) is 32.2 Å². The third-order valence-corrected chi connectivity index (χ3v) is 3.88. The molecular formula is C17H27N3O2. The van der Waals surface area contributed by atoms with Crippen LogP contribution in [0, 0.1) is 0 Å². The molecule has 0 radical (unpaired) electrons. The predicted octanol–water partition coefficient (Wildman–Crippen LogP) is 2.41. The van der Waals surface area contributed by atoms with Crippen LogP contribution in [-0.4, -0.2) is 29.1 Å². The van der Waals surface area contributed by atoms with Gasteiger partial charge in [0, 0.05) is 37.8 Å². The fraction of sp³-hybridized carbons (Fsp3) is 0.647. The number of nitrogens with zero attached hydrogens (tertiary/aromatic N) is 1. The van der Waals surface area contributed by atoms with Gasteiger partial charge in [-0.15, -0.1) is 0 Å². The molecule has 1 amide bonds. The average Bonchev–Trinajstić information content (AvgIpc) is 2.47. The minimum Gasteiger partial charge on any atom is -0.475 e. The number of amides is 1. The minimum atomic E-state index is 0.0752. The van der Waals surface area contributed by atoms with E-state index in [4.69, 9.17) is 4.74 Å². The number of ether oxygens (including phenoxy) is 1. The highest BCUT2D eigenvalue weighted by molar-refractivity contribution is 5.73. The second-order valence-electron chi connectivity index (χ2n) is 6.30. The van der Waals surface area contributed by atoms with Gasteiger partial charge in [0.05, 0.1) is 6.10 Å². The molecule has 1 aromatic rings. The van der Waals surface area contributed by atoms with Crippen molar-refractivity contribution in [1.29, 1.82) is 0 Å². The monoisotopic (exact) mass is 305 g/mol. The van der Waals surface area contributed by atoms with E-state index in [1.54, 1.807) is 6.92 Å². The molecule has 1 aliphatic rings. The molecule has 0 aliphatic heterocycles. The van der Waals surface area contributed by atoms with Crippen molar-refractivity contribution in [1.82, 2.24) is 15.6 Å². The molecule has 0 aromatic carbocycles. The Hall–Kier alpha value is -1.62. The lowest BCUT2D eigenvalue weighted by Crippen LogP contribution is -2.41. The number of hydrogen-bond donors (Lipinski definition) is 2. The van der Waals surface area contributed by atoms with Crippen LogP contribution in [0.3, 0.4) is 0 Å². The largest absolute Gasteiger partial charge is 0.475 e. The normalized spacial score (nSPS) is 21.6. The molecule has 0 spiro atoms. The molecule has 0 atom stereocenters. The molecule has 1 aromatic heterocycles. The zero-order valence-corrected chi connectivity index (χ0v) is 13.8. The van der Waals surface area contributed by atoms with Crippen LogP contribution < -0.4 is 15.4 Å². The van der Waals surface area contributed by atoms with Crippen LogP contribution in [0.2, 0.25) is 0 Å². The van der Waals surface area contributed by atoms with Crippen molar-refractivity contribution in [3.63, 3.8) is 0 Å². The lowest BCUT2D eigenvalue weighted by Gasteiger charge is -2.29. The first-order valence-corrected chi connectivity index (χ1v) is 8.15. The van der Waals surface area contributed by atoms with Gasteiger partial charge in [0.1, 0.15) is 0 Å². The van der Waals surface area contributed by atoms with Crippen LogP contribution in [0.1, 0.15) is 52.0 Å². The molecule has 0 unspecified atom stereocenters. The van der Waals surface area contributed by atoms with Gasteiger partial charge in [-0.1, -0.05) is 6.07 Å². The molecule has 2 rings (SSSR count). The predicted molar refractivity (Wildman–Crippen MR) is 86.7 cm³/mol. The molecule has 0 bridgehead atoms. The Kier molecular flexibility index (Phi) is 6.19. The maximum atomic E-state index is 11.1. The van der Waals surface area contributed by atoms with Gasteiger partial charge in [0.2, 0.25) is 11.8 Å². The number of carbonyl (C=O) groups excluding carboxylic acids is 1. The maximum absolute atomic E-state index is 11.1. The van der Waals surface area contributed by atoms with Gasteiger partial charge in [0.25, 0.3) is 0 Å². The number of hydrogen-bond acceptors (Lipinski definition) is 4. The SMILES string of the molecule is CC(=O)NC1CCC(NCc2ccc(OC(C)C)nc2)CC1. The summed E-state index contributed by atoms with van der Waals surface area (Å²) in [6.07, 6.45) is 6.33. The first-order valence-electron chi connectivity index (χ1n) is 8.15. The zero-order chi connectivity index (χ0) is 15.9. The molecule has 5 heteroatoms. The van der Waals surface area contributed by atoms with Crippen molar-refractivity contribution in [3.05, 3.63) is 23.9 Å². The van der Waals surface area contributed by atoms with Crippen molar-refractivity contribution < 1.29 is 9.53 Å². The second-order valence-corrected chi connectivity index (χ2v) is 6.30. The Morgan fingerprint density at radius 3 is 2.50 bits per heavy atom. The smallest absolute Gasteiger partial charge is 0.217 e. The first kappa shape index (κ1) is 16.7. The summed E-state index contributed by atoms with van der Waals surface area (Å²) in [5.74, 6) is 0.751. The van der Waals surface area contributed by atoms with Crippen LogP contribution in [0.15, 0.2) is 18.3 Å². The quantitative estimate of drug-likeness (QED) is 0.847. The van der Waals surface area contributed by atoms with E-state index in [-0.39, 0.29) is 12.0 Å².